The van der Waals surface area contributed by atoms with Crippen LogP contribution in [0.3, 0.4) is 0 Å². The highest BCUT2D eigenvalue weighted by atomic mass is 19.1. The molecule has 1 heterocycles. The molecule has 1 aromatic heterocycles. The topological polar surface area (TPSA) is 53.2 Å². The van der Waals surface area contributed by atoms with Crippen molar-refractivity contribution in [3.63, 3.8) is 0 Å². The summed E-state index contributed by atoms with van der Waals surface area (Å²) in [5.74, 6) is -0.232. The molecule has 0 saturated carbocycles. The van der Waals surface area contributed by atoms with Crippen LogP contribution in [0.5, 0.6) is 0 Å². The van der Waals surface area contributed by atoms with E-state index in [0.29, 0.717) is 27.7 Å². The van der Waals surface area contributed by atoms with Crippen LogP contribution in [-0.4, -0.2) is 24.9 Å². The number of pyridine rings is 1. The van der Waals surface area contributed by atoms with Crippen molar-refractivity contribution in [2.24, 2.45) is 0 Å². The van der Waals surface area contributed by atoms with E-state index >= 15 is 0 Å². The molecule has 0 radical (unpaired) electrons. The molecule has 23 heavy (non-hydrogen) atoms. The van der Waals surface area contributed by atoms with Crippen LogP contribution in [0.4, 0.5) is 10.2 Å². The third kappa shape index (κ3) is 2.61. The van der Waals surface area contributed by atoms with Gasteiger partial charge in [-0.3, -0.25) is 9.59 Å². The summed E-state index contributed by atoms with van der Waals surface area (Å²) in [4.78, 5) is 29.6. The lowest BCUT2D eigenvalue weighted by Crippen LogP contribution is -2.22. The van der Waals surface area contributed by atoms with Gasteiger partial charge >= 0.3 is 0 Å². The van der Waals surface area contributed by atoms with Gasteiger partial charge in [0.2, 0.25) is 0 Å². The number of nitrogens with zero attached hydrogens (tertiary/aromatic N) is 1. The van der Waals surface area contributed by atoms with E-state index in [0.717, 1.165) is 0 Å². The normalized spacial score (nSPS) is 10.7. The van der Waals surface area contributed by atoms with Gasteiger partial charge in [0.15, 0.2) is 5.78 Å². The van der Waals surface area contributed by atoms with Crippen molar-refractivity contribution in [1.82, 2.24) is 4.98 Å². The van der Waals surface area contributed by atoms with Crippen molar-refractivity contribution < 1.29 is 9.18 Å². The second-order valence-electron chi connectivity index (χ2n) is 5.45. The molecule has 0 aliphatic heterocycles. The zero-order chi connectivity index (χ0) is 16.6. The first kappa shape index (κ1) is 15.0. The Morgan fingerprint density at radius 1 is 1.00 bits per heavy atom. The van der Waals surface area contributed by atoms with Gasteiger partial charge in [-0.1, -0.05) is 18.2 Å². The second-order valence-corrected chi connectivity index (χ2v) is 5.45. The zero-order valence-corrected chi connectivity index (χ0v) is 12.8. The van der Waals surface area contributed by atoms with Crippen LogP contribution in [0.2, 0.25) is 0 Å². The van der Waals surface area contributed by atoms with Crippen molar-refractivity contribution >= 4 is 22.4 Å². The summed E-state index contributed by atoms with van der Waals surface area (Å²) in [5.41, 5.74) is 0.517. The SMILES string of the molecule is CN(C)c1[nH]c(=O)c2ccccc2c1C(=O)c1ccc(F)cc1. The Kier molecular flexibility index (Phi) is 3.70. The molecule has 0 bridgehead atoms. The van der Waals surface area contributed by atoms with E-state index in [1.54, 1.807) is 43.3 Å². The van der Waals surface area contributed by atoms with Crippen LogP contribution in [-0.2, 0) is 0 Å². The number of aromatic amines is 1. The number of hydrogen-bond donors (Lipinski definition) is 1. The molecular formula is C18H15FN2O2. The van der Waals surface area contributed by atoms with Gasteiger partial charge in [0, 0.05) is 30.4 Å². The largest absolute Gasteiger partial charge is 0.364 e. The van der Waals surface area contributed by atoms with Gasteiger partial charge in [0.1, 0.15) is 11.6 Å². The summed E-state index contributed by atoms with van der Waals surface area (Å²) in [6, 6.07) is 12.3. The quantitative estimate of drug-likeness (QED) is 0.757. The van der Waals surface area contributed by atoms with Gasteiger partial charge in [-0.05, 0) is 30.3 Å². The predicted molar refractivity (Wildman–Crippen MR) is 88.7 cm³/mol. The van der Waals surface area contributed by atoms with Crippen molar-refractivity contribution in [2.45, 2.75) is 0 Å². The van der Waals surface area contributed by atoms with Gasteiger partial charge in [-0.2, -0.15) is 0 Å². The average molecular weight is 310 g/mol. The summed E-state index contributed by atoms with van der Waals surface area (Å²) in [6.45, 7) is 0. The molecule has 0 aliphatic carbocycles. The van der Waals surface area contributed by atoms with Gasteiger partial charge in [0.05, 0.1) is 5.56 Å². The first-order valence-electron chi connectivity index (χ1n) is 7.11. The predicted octanol–water partition coefficient (Wildman–Crippen LogP) is 2.96. The molecule has 4 nitrogen and oxygen atoms in total. The van der Waals surface area contributed by atoms with Crippen LogP contribution < -0.4 is 10.5 Å². The standard InChI is InChI=1S/C18H15FN2O2/c1-21(2)17-15(16(22)11-7-9-12(19)10-8-11)13-5-3-4-6-14(13)18(23)20-17/h3-10H,1-2H3,(H,20,23). The first-order chi connectivity index (χ1) is 11.0. The number of ketones is 1. The first-order valence-corrected chi connectivity index (χ1v) is 7.11. The lowest BCUT2D eigenvalue weighted by molar-refractivity contribution is 0.104. The molecule has 0 atom stereocenters. The summed E-state index contributed by atoms with van der Waals surface area (Å²) in [6.07, 6.45) is 0. The number of carbonyl (C=O) groups is 1. The lowest BCUT2D eigenvalue weighted by atomic mass is 9.98. The van der Waals surface area contributed by atoms with E-state index in [1.165, 1.54) is 24.3 Å². The van der Waals surface area contributed by atoms with Crippen molar-refractivity contribution in [1.29, 1.82) is 0 Å². The highest BCUT2D eigenvalue weighted by Gasteiger charge is 2.20. The van der Waals surface area contributed by atoms with E-state index in [9.17, 15) is 14.0 Å². The molecule has 2 aromatic carbocycles. The van der Waals surface area contributed by atoms with E-state index in [-0.39, 0.29) is 11.3 Å². The molecule has 3 aromatic rings. The lowest BCUT2D eigenvalue weighted by Gasteiger charge is -2.18. The molecule has 0 unspecified atom stereocenters. The molecular weight excluding hydrogens is 295 g/mol. The summed E-state index contributed by atoms with van der Waals surface area (Å²) >= 11 is 0. The molecule has 0 fully saturated rings. The Hall–Kier alpha value is -2.95. The number of hydrogen-bond acceptors (Lipinski definition) is 3. The monoisotopic (exact) mass is 310 g/mol. The number of fused-ring (bicyclic) bond motifs is 1. The van der Waals surface area contributed by atoms with Crippen molar-refractivity contribution in [2.75, 3.05) is 19.0 Å². The number of H-pyrrole nitrogens is 1. The average Bonchev–Trinajstić information content (AvgIpc) is 2.55. The number of aromatic nitrogens is 1. The minimum atomic E-state index is -0.402. The summed E-state index contributed by atoms with van der Waals surface area (Å²) < 4.78 is 13.1. The number of halogens is 1. The Morgan fingerprint density at radius 3 is 2.22 bits per heavy atom. The highest BCUT2D eigenvalue weighted by Crippen LogP contribution is 2.26. The summed E-state index contributed by atoms with van der Waals surface area (Å²) in [5, 5.41) is 1.03. The fourth-order valence-corrected chi connectivity index (χ4v) is 2.57. The van der Waals surface area contributed by atoms with E-state index < -0.39 is 5.82 Å². The molecule has 116 valence electrons. The second kappa shape index (κ2) is 5.68. The maximum Gasteiger partial charge on any atom is 0.257 e. The molecule has 3 rings (SSSR count). The van der Waals surface area contributed by atoms with Gasteiger partial charge in [0.25, 0.3) is 5.56 Å². The molecule has 0 aliphatic rings. The van der Waals surface area contributed by atoms with Gasteiger partial charge in [-0.25, -0.2) is 4.39 Å². The third-order valence-electron chi connectivity index (χ3n) is 3.69. The van der Waals surface area contributed by atoms with Gasteiger partial charge < -0.3 is 9.88 Å². The van der Waals surface area contributed by atoms with Crippen LogP contribution in [0.25, 0.3) is 10.8 Å². The van der Waals surface area contributed by atoms with Crippen molar-refractivity contribution in [3.05, 3.63) is 75.8 Å². The Morgan fingerprint density at radius 2 is 1.61 bits per heavy atom. The van der Waals surface area contributed by atoms with E-state index in [1.807, 2.05) is 0 Å². The maximum absolute atomic E-state index is 13.1. The smallest absolute Gasteiger partial charge is 0.257 e. The van der Waals surface area contributed by atoms with Gasteiger partial charge in [-0.15, -0.1) is 0 Å². The van der Waals surface area contributed by atoms with Crippen LogP contribution in [0.15, 0.2) is 53.3 Å². The van der Waals surface area contributed by atoms with Crippen LogP contribution >= 0.6 is 0 Å². The number of nitrogens with one attached hydrogen (secondary N) is 1. The van der Waals surface area contributed by atoms with Crippen LogP contribution in [0, 0.1) is 5.82 Å². The third-order valence-corrected chi connectivity index (χ3v) is 3.69. The van der Waals surface area contributed by atoms with E-state index in [2.05, 4.69) is 4.98 Å². The maximum atomic E-state index is 13.1. The summed E-state index contributed by atoms with van der Waals surface area (Å²) in [7, 11) is 3.50. The fraction of sp³-hybridized carbons (Fsp3) is 0.111. The minimum Gasteiger partial charge on any atom is -0.364 e. The molecule has 1 N–H and O–H groups in total. The zero-order valence-electron chi connectivity index (χ0n) is 12.8. The number of carbonyl (C=O) groups excluding carboxylic acids is 1. The van der Waals surface area contributed by atoms with E-state index in [4.69, 9.17) is 0 Å². The molecule has 0 saturated heterocycles. The molecule has 0 amide bonds. The Bertz CT molecular complexity index is 943. The van der Waals surface area contributed by atoms with Crippen LogP contribution in [0.1, 0.15) is 15.9 Å². The molecule has 0 spiro atoms. The van der Waals surface area contributed by atoms with Crippen molar-refractivity contribution in [3.8, 4) is 0 Å². The molecule has 5 heteroatoms. The Labute approximate surface area is 132 Å². The minimum absolute atomic E-state index is 0.250. The number of anilines is 1. The number of rotatable bonds is 3. The number of benzene rings is 2. The fourth-order valence-electron chi connectivity index (χ4n) is 2.57. The highest BCUT2D eigenvalue weighted by molar-refractivity contribution is 6.19. The Balaban J connectivity index is 2.32.